The molecule has 47 heavy (non-hydrogen) atoms. The molecule has 2 bridgehead atoms. The van der Waals surface area contributed by atoms with Crippen LogP contribution in [0.4, 0.5) is 19.0 Å². The Bertz CT molecular complexity index is 1930. The number of ether oxygens (including phenoxy) is 2. The Hall–Kier alpha value is -3.87. The number of phenols is 1. The number of aromatic nitrogens is 2. The number of nitrogens with one attached hydrogen (secondary N) is 1. The molecule has 9 nitrogen and oxygen atoms in total. The van der Waals surface area contributed by atoms with Gasteiger partial charge in [-0.2, -0.15) is 9.97 Å². The lowest BCUT2D eigenvalue weighted by Crippen LogP contribution is -2.60. The Morgan fingerprint density at radius 1 is 1.09 bits per heavy atom. The number of halogens is 3. The van der Waals surface area contributed by atoms with Crippen LogP contribution in [0.2, 0.25) is 0 Å². The summed E-state index contributed by atoms with van der Waals surface area (Å²) in [7, 11) is 0. The van der Waals surface area contributed by atoms with Gasteiger partial charge in [-0.1, -0.05) is 25.1 Å². The van der Waals surface area contributed by atoms with E-state index in [1.165, 1.54) is 6.07 Å². The fourth-order valence-corrected chi connectivity index (χ4v) is 9.05. The Balaban J connectivity index is 1.25. The van der Waals surface area contributed by atoms with Crippen LogP contribution in [0.3, 0.4) is 0 Å². The number of alkyl halides is 1. The fraction of sp³-hybridized carbons (Fsp3) is 0.486. The fourth-order valence-electron chi connectivity index (χ4n) is 9.05. The van der Waals surface area contributed by atoms with Gasteiger partial charge in [0.2, 0.25) is 0 Å². The van der Waals surface area contributed by atoms with Gasteiger partial charge in [0.15, 0.2) is 17.4 Å². The smallest absolute Gasteiger partial charge is 0.319 e. The zero-order chi connectivity index (χ0) is 32.2. The number of hydrogen-bond acceptors (Lipinski definition) is 9. The number of fused-ring (bicyclic) bond motifs is 7. The monoisotopic (exact) mass is 647 g/mol. The highest BCUT2D eigenvalue weighted by Crippen LogP contribution is 2.49. The summed E-state index contributed by atoms with van der Waals surface area (Å²) in [4.78, 5) is 13.3. The lowest BCUT2D eigenvalue weighted by Gasteiger charge is -2.40. The van der Waals surface area contributed by atoms with Gasteiger partial charge in [0, 0.05) is 38.1 Å². The normalized spacial score (nSPS) is 29.6. The maximum Gasteiger partial charge on any atom is 0.319 e. The van der Waals surface area contributed by atoms with Crippen molar-refractivity contribution in [3.8, 4) is 28.6 Å². The summed E-state index contributed by atoms with van der Waals surface area (Å²) in [6, 6.07) is 8.53. The van der Waals surface area contributed by atoms with Gasteiger partial charge < -0.3 is 29.9 Å². The molecule has 0 amide bonds. The van der Waals surface area contributed by atoms with Crippen molar-refractivity contribution in [3.05, 3.63) is 47.5 Å². The van der Waals surface area contributed by atoms with Crippen LogP contribution in [0.5, 0.6) is 17.5 Å². The summed E-state index contributed by atoms with van der Waals surface area (Å²) in [6.45, 7) is 3.28. The van der Waals surface area contributed by atoms with Crippen molar-refractivity contribution >= 4 is 27.5 Å². The van der Waals surface area contributed by atoms with Gasteiger partial charge in [0.05, 0.1) is 28.6 Å². The molecule has 5 aliphatic rings. The van der Waals surface area contributed by atoms with Crippen molar-refractivity contribution in [2.45, 2.75) is 75.0 Å². The molecule has 1 aromatic heterocycles. The molecule has 5 aliphatic heterocycles. The van der Waals surface area contributed by atoms with E-state index in [-0.39, 0.29) is 83.8 Å². The molecule has 12 heteroatoms. The number of β-amino-alcohol motifs (C(OH)–C–C–N with tert-alkyl or cyclic N) is 1. The van der Waals surface area contributed by atoms with Gasteiger partial charge in [-0.25, -0.2) is 13.2 Å². The average Bonchev–Trinajstić information content (AvgIpc) is 3.63. The Morgan fingerprint density at radius 3 is 2.81 bits per heavy atom. The number of phenolic OH excluding ortho intramolecular Hbond substituents is 1. The van der Waals surface area contributed by atoms with Crippen molar-refractivity contribution in [2.24, 2.45) is 0 Å². The molecule has 6 unspecified atom stereocenters. The SMILES string of the molecule is CCc1cccc2cc(O)cc(-c3c(F)c4c5c(nc(OCC67CC(O)CN6CC(F)C7)nc5c3F)N3CC5CCC(N5)C3CO4)c12. The summed E-state index contributed by atoms with van der Waals surface area (Å²) in [5.74, 6) is -1.69. The molecule has 3 aromatic carbocycles. The lowest BCUT2D eigenvalue weighted by atomic mass is 9.91. The van der Waals surface area contributed by atoms with Gasteiger partial charge in [-0.3, -0.25) is 4.90 Å². The second-order valence-corrected chi connectivity index (χ2v) is 13.9. The van der Waals surface area contributed by atoms with Crippen LogP contribution in [0.15, 0.2) is 30.3 Å². The molecule has 9 rings (SSSR count). The van der Waals surface area contributed by atoms with E-state index in [1.807, 2.05) is 24.0 Å². The summed E-state index contributed by atoms with van der Waals surface area (Å²) in [5, 5.41) is 26.2. The minimum absolute atomic E-state index is 0.0156. The van der Waals surface area contributed by atoms with Gasteiger partial charge in [-0.05, 0) is 59.7 Å². The van der Waals surface area contributed by atoms with E-state index in [2.05, 4.69) is 15.2 Å². The van der Waals surface area contributed by atoms with E-state index in [4.69, 9.17) is 14.5 Å². The maximum absolute atomic E-state index is 17.1. The Labute approximate surface area is 269 Å². The van der Waals surface area contributed by atoms with E-state index in [9.17, 15) is 14.6 Å². The molecular formula is C35H36F3N5O4. The summed E-state index contributed by atoms with van der Waals surface area (Å²) >= 11 is 0. The zero-order valence-corrected chi connectivity index (χ0v) is 26.0. The third kappa shape index (κ3) is 4.40. The van der Waals surface area contributed by atoms with Gasteiger partial charge in [0.1, 0.15) is 36.5 Å². The molecule has 6 heterocycles. The standard InChI is InChI=1S/C35H36F3N5O4/c1-2-17-4-3-5-18-8-21(44)9-23(26(17)18)27-29(37)31-28-32(30(27)38)46-15-25-24-7-6-20(39-24)13-43(25)33(28)41-34(40-31)47-16-35-10-19(36)12-42(35)14-22(45)11-35/h3-5,8-9,19-20,22,24-25,39,44-45H,2,6-7,10-16H2,1H3. The van der Waals surface area contributed by atoms with E-state index in [0.29, 0.717) is 42.5 Å². The minimum atomic E-state index is -1.04. The zero-order valence-electron chi connectivity index (χ0n) is 26.0. The van der Waals surface area contributed by atoms with Crippen molar-refractivity contribution < 1.29 is 32.9 Å². The number of nitrogens with zero attached hydrogens (tertiary/aromatic N) is 4. The highest BCUT2D eigenvalue weighted by Gasteiger charge is 2.53. The molecule has 4 fully saturated rings. The first-order chi connectivity index (χ1) is 22.7. The number of anilines is 1. The third-order valence-electron chi connectivity index (χ3n) is 11.1. The molecule has 0 spiro atoms. The predicted octanol–water partition coefficient (Wildman–Crippen LogP) is 4.62. The molecule has 0 aliphatic carbocycles. The average molecular weight is 648 g/mol. The number of hydrogen-bond donors (Lipinski definition) is 3. The van der Waals surface area contributed by atoms with Crippen molar-refractivity contribution in [3.63, 3.8) is 0 Å². The number of rotatable bonds is 5. The largest absolute Gasteiger partial charge is 0.508 e. The number of aliphatic hydroxyl groups is 1. The van der Waals surface area contributed by atoms with Crippen LogP contribution >= 0.6 is 0 Å². The van der Waals surface area contributed by atoms with Crippen LogP contribution in [0.1, 0.15) is 38.2 Å². The molecular weight excluding hydrogens is 611 g/mol. The van der Waals surface area contributed by atoms with Crippen LogP contribution in [-0.2, 0) is 6.42 Å². The highest BCUT2D eigenvalue weighted by molar-refractivity contribution is 6.05. The number of piperazine rings is 1. The van der Waals surface area contributed by atoms with E-state index < -0.39 is 29.4 Å². The van der Waals surface area contributed by atoms with Crippen molar-refractivity contribution in [2.75, 3.05) is 37.7 Å². The van der Waals surface area contributed by atoms with E-state index in [1.54, 1.807) is 12.1 Å². The highest BCUT2D eigenvalue weighted by atomic mass is 19.1. The second kappa shape index (κ2) is 10.6. The van der Waals surface area contributed by atoms with Gasteiger partial charge in [-0.15, -0.1) is 0 Å². The molecule has 6 atom stereocenters. The molecule has 3 N–H and O–H groups in total. The topological polar surface area (TPSA) is 103 Å². The lowest BCUT2D eigenvalue weighted by molar-refractivity contribution is 0.106. The Kier molecular flexibility index (Phi) is 6.58. The first kappa shape index (κ1) is 29.3. The first-order valence-electron chi connectivity index (χ1n) is 16.6. The summed E-state index contributed by atoms with van der Waals surface area (Å²) in [5.41, 5.74) is -0.137. The van der Waals surface area contributed by atoms with Crippen LogP contribution in [-0.4, -0.2) is 93.9 Å². The summed E-state index contributed by atoms with van der Waals surface area (Å²) in [6.07, 6.45) is 1.42. The van der Waals surface area contributed by atoms with Crippen molar-refractivity contribution in [1.29, 1.82) is 0 Å². The van der Waals surface area contributed by atoms with E-state index >= 15 is 8.78 Å². The van der Waals surface area contributed by atoms with Crippen LogP contribution < -0.4 is 19.7 Å². The maximum atomic E-state index is 17.1. The third-order valence-corrected chi connectivity index (χ3v) is 11.1. The van der Waals surface area contributed by atoms with E-state index in [0.717, 1.165) is 18.4 Å². The van der Waals surface area contributed by atoms with Crippen LogP contribution in [0.25, 0.3) is 32.8 Å². The summed E-state index contributed by atoms with van der Waals surface area (Å²) < 4.78 is 61.2. The van der Waals surface area contributed by atoms with Crippen LogP contribution in [0, 0.1) is 11.6 Å². The number of aromatic hydroxyl groups is 1. The van der Waals surface area contributed by atoms with Crippen molar-refractivity contribution in [1.82, 2.24) is 20.2 Å². The molecule has 4 saturated heterocycles. The molecule has 246 valence electrons. The molecule has 0 saturated carbocycles. The number of aliphatic hydroxyl groups excluding tert-OH is 1. The Morgan fingerprint density at radius 2 is 1.96 bits per heavy atom. The molecule has 0 radical (unpaired) electrons. The minimum Gasteiger partial charge on any atom is -0.508 e. The number of benzene rings is 3. The second-order valence-electron chi connectivity index (χ2n) is 13.9. The van der Waals surface area contributed by atoms with Gasteiger partial charge in [0.25, 0.3) is 0 Å². The quantitative estimate of drug-likeness (QED) is 0.286. The predicted molar refractivity (Wildman–Crippen MR) is 170 cm³/mol. The number of aryl methyl sites for hydroxylation is 1. The first-order valence-corrected chi connectivity index (χ1v) is 16.6. The van der Waals surface area contributed by atoms with Gasteiger partial charge >= 0.3 is 6.01 Å². The molecule has 4 aromatic rings.